The van der Waals surface area contributed by atoms with Gasteiger partial charge in [-0.05, 0) is 49.7 Å². The van der Waals surface area contributed by atoms with Crippen molar-refractivity contribution >= 4 is 5.69 Å². The molecule has 1 saturated carbocycles. The van der Waals surface area contributed by atoms with E-state index in [-0.39, 0.29) is 6.04 Å². The summed E-state index contributed by atoms with van der Waals surface area (Å²) in [5.41, 5.74) is 9.10. The number of anilines is 1. The third kappa shape index (κ3) is 2.58. The molecule has 1 saturated heterocycles. The van der Waals surface area contributed by atoms with Gasteiger partial charge in [0.2, 0.25) is 0 Å². The number of rotatable bonds is 4. The topological polar surface area (TPSA) is 29.3 Å². The SMILES string of the molecule is CC[C@H](N)c1ccccc1N1CCCC1C1CCCC1. The molecule has 2 atom stereocenters. The Labute approximate surface area is 123 Å². The molecule has 1 heterocycles. The Hall–Kier alpha value is -1.02. The summed E-state index contributed by atoms with van der Waals surface area (Å²) in [6.07, 6.45) is 9.47. The van der Waals surface area contributed by atoms with Gasteiger partial charge in [0, 0.05) is 24.3 Å². The van der Waals surface area contributed by atoms with Crippen molar-refractivity contribution in [3.63, 3.8) is 0 Å². The summed E-state index contributed by atoms with van der Waals surface area (Å²) >= 11 is 0. The van der Waals surface area contributed by atoms with E-state index in [9.17, 15) is 0 Å². The average Bonchev–Trinajstić information content (AvgIpc) is 3.16. The van der Waals surface area contributed by atoms with Gasteiger partial charge >= 0.3 is 0 Å². The molecular weight excluding hydrogens is 244 g/mol. The van der Waals surface area contributed by atoms with E-state index in [2.05, 4.69) is 36.1 Å². The Morgan fingerprint density at radius 3 is 2.65 bits per heavy atom. The molecule has 3 rings (SSSR count). The van der Waals surface area contributed by atoms with Gasteiger partial charge in [-0.25, -0.2) is 0 Å². The number of benzene rings is 1. The average molecular weight is 272 g/mol. The van der Waals surface area contributed by atoms with E-state index < -0.39 is 0 Å². The fraction of sp³-hybridized carbons (Fsp3) is 0.667. The zero-order valence-corrected chi connectivity index (χ0v) is 12.7. The van der Waals surface area contributed by atoms with Crippen molar-refractivity contribution in [1.82, 2.24) is 0 Å². The highest BCUT2D eigenvalue weighted by Crippen LogP contribution is 2.39. The maximum atomic E-state index is 6.33. The van der Waals surface area contributed by atoms with Gasteiger partial charge in [-0.15, -0.1) is 0 Å². The lowest BCUT2D eigenvalue weighted by Gasteiger charge is -2.33. The van der Waals surface area contributed by atoms with Crippen molar-refractivity contribution in [3.8, 4) is 0 Å². The van der Waals surface area contributed by atoms with E-state index in [0.717, 1.165) is 18.4 Å². The lowest BCUT2D eigenvalue weighted by molar-refractivity contribution is 0.430. The van der Waals surface area contributed by atoms with Gasteiger partial charge in [0.1, 0.15) is 0 Å². The normalized spacial score (nSPS) is 25.3. The van der Waals surface area contributed by atoms with Gasteiger partial charge < -0.3 is 10.6 Å². The second-order valence-electron chi connectivity index (χ2n) is 6.52. The van der Waals surface area contributed by atoms with Crippen LogP contribution in [0.5, 0.6) is 0 Å². The fourth-order valence-corrected chi connectivity index (χ4v) is 4.21. The van der Waals surface area contributed by atoms with Crippen LogP contribution in [0.1, 0.15) is 63.5 Å². The molecule has 0 spiro atoms. The number of hydrogen-bond donors (Lipinski definition) is 1. The first kappa shape index (κ1) is 13.9. The summed E-state index contributed by atoms with van der Waals surface area (Å²) in [6.45, 7) is 3.40. The monoisotopic (exact) mass is 272 g/mol. The standard InChI is InChI=1S/C18H28N2/c1-2-16(19)15-10-5-6-11-18(15)20-13-7-12-17(20)14-8-3-4-9-14/h5-6,10-11,14,16-17H,2-4,7-9,12-13,19H2,1H3/t16-,17?/m0/s1. The zero-order valence-electron chi connectivity index (χ0n) is 12.7. The molecule has 2 heteroatoms. The molecule has 110 valence electrons. The summed E-state index contributed by atoms with van der Waals surface area (Å²) in [5, 5.41) is 0. The molecule has 2 fully saturated rings. The smallest absolute Gasteiger partial charge is 0.0417 e. The lowest BCUT2D eigenvalue weighted by Crippen LogP contribution is -2.35. The van der Waals surface area contributed by atoms with Crippen LogP contribution in [0.3, 0.4) is 0 Å². The molecule has 2 nitrogen and oxygen atoms in total. The minimum atomic E-state index is 0.177. The maximum Gasteiger partial charge on any atom is 0.0417 e. The minimum Gasteiger partial charge on any atom is -0.368 e. The fourth-order valence-electron chi connectivity index (χ4n) is 4.21. The minimum absolute atomic E-state index is 0.177. The molecule has 0 bridgehead atoms. The predicted octanol–water partition coefficient (Wildman–Crippen LogP) is 4.26. The molecule has 0 aromatic heterocycles. The van der Waals surface area contributed by atoms with E-state index in [1.54, 1.807) is 0 Å². The van der Waals surface area contributed by atoms with E-state index in [1.807, 2.05) is 0 Å². The van der Waals surface area contributed by atoms with Crippen LogP contribution >= 0.6 is 0 Å². The number of nitrogens with two attached hydrogens (primary N) is 1. The highest BCUT2D eigenvalue weighted by Gasteiger charge is 2.34. The van der Waals surface area contributed by atoms with Gasteiger partial charge in [-0.1, -0.05) is 38.0 Å². The third-order valence-corrected chi connectivity index (χ3v) is 5.33. The number of para-hydroxylation sites is 1. The molecule has 0 amide bonds. The van der Waals surface area contributed by atoms with Crippen molar-refractivity contribution in [2.24, 2.45) is 11.7 Å². The highest BCUT2D eigenvalue weighted by molar-refractivity contribution is 5.56. The van der Waals surface area contributed by atoms with E-state index in [0.29, 0.717) is 0 Å². The van der Waals surface area contributed by atoms with Crippen LogP contribution in [0.2, 0.25) is 0 Å². The van der Waals surface area contributed by atoms with Gasteiger partial charge in [-0.2, -0.15) is 0 Å². The second kappa shape index (κ2) is 6.17. The first-order chi connectivity index (χ1) is 9.81. The molecule has 1 aliphatic heterocycles. The van der Waals surface area contributed by atoms with Gasteiger partial charge in [0.25, 0.3) is 0 Å². The second-order valence-corrected chi connectivity index (χ2v) is 6.52. The zero-order chi connectivity index (χ0) is 13.9. The molecule has 2 N–H and O–H groups in total. The van der Waals surface area contributed by atoms with E-state index in [1.165, 1.54) is 56.3 Å². The van der Waals surface area contributed by atoms with Crippen molar-refractivity contribution < 1.29 is 0 Å². The molecule has 2 aliphatic rings. The first-order valence-corrected chi connectivity index (χ1v) is 8.42. The van der Waals surface area contributed by atoms with Gasteiger partial charge in [0.05, 0.1) is 0 Å². The van der Waals surface area contributed by atoms with Gasteiger partial charge in [0.15, 0.2) is 0 Å². The highest BCUT2D eigenvalue weighted by atomic mass is 15.2. The van der Waals surface area contributed by atoms with Crippen molar-refractivity contribution in [2.75, 3.05) is 11.4 Å². The molecule has 0 radical (unpaired) electrons. The predicted molar refractivity (Wildman–Crippen MR) is 86.0 cm³/mol. The number of hydrogen-bond acceptors (Lipinski definition) is 2. The van der Waals surface area contributed by atoms with Crippen LogP contribution in [-0.4, -0.2) is 12.6 Å². The largest absolute Gasteiger partial charge is 0.368 e. The Balaban J connectivity index is 1.87. The quantitative estimate of drug-likeness (QED) is 0.887. The summed E-state index contributed by atoms with van der Waals surface area (Å²) < 4.78 is 0. The van der Waals surface area contributed by atoms with Crippen LogP contribution < -0.4 is 10.6 Å². The molecule has 1 unspecified atom stereocenters. The molecule has 1 aromatic carbocycles. The van der Waals surface area contributed by atoms with Crippen LogP contribution in [-0.2, 0) is 0 Å². The molecule has 20 heavy (non-hydrogen) atoms. The summed E-state index contributed by atoms with van der Waals surface area (Å²) in [4.78, 5) is 2.68. The Morgan fingerprint density at radius 2 is 1.90 bits per heavy atom. The maximum absolute atomic E-state index is 6.33. The first-order valence-electron chi connectivity index (χ1n) is 8.42. The van der Waals surface area contributed by atoms with E-state index >= 15 is 0 Å². The van der Waals surface area contributed by atoms with Crippen LogP contribution in [0.15, 0.2) is 24.3 Å². The lowest BCUT2D eigenvalue weighted by atomic mass is 9.94. The summed E-state index contributed by atoms with van der Waals surface area (Å²) in [6, 6.07) is 9.77. The number of nitrogens with zero attached hydrogens (tertiary/aromatic N) is 1. The van der Waals surface area contributed by atoms with Gasteiger partial charge in [-0.3, -0.25) is 0 Å². The van der Waals surface area contributed by atoms with E-state index in [4.69, 9.17) is 5.73 Å². The summed E-state index contributed by atoms with van der Waals surface area (Å²) in [5.74, 6) is 0.920. The third-order valence-electron chi connectivity index (χ3n) is 5.33. The molecule has 1 aliphatic carbocycles. The van der Waals surface area contributed by atoms with Crippen molar-refractivity contribution in [1.29, 1.82) is 0 Å². The van der Waals surface area contributed by atoms with Crippen LogP contribution in [0, 0.1) is 5.92 Å². The van der Waals surface area contributed by atoms with Crippen molar-refractivity contribution in [3.05, 3.63) is 29.8 Å². The summed E-state index contributed by atoms with van der Waals surface area (Å²) in [7, 11) is 0. The van der Waals surface area contributed by atoms with Crippen molar-refractivity contribution in [2.45, 2.75) is 64.0 Å². The Kier molecular flexibility index (Phi) is 4.30. The van der Waals surface area contributed by atoms with Crippen LogP contribution in [0.4, 0.5) is 5.69 Å². The van der Waals surface area contributed by atoms with Crippen LogP contribution in [0.25, 0.3) is 0 Å². The molecular formula is C18H28N2. The Morgan fingerprint density at radius 1 is 1.15 bits per heavy atom. The Bertz CT molecular complexity index is 437. The molecule has 1 aromatic rings.